The van der Waals surface area contributed by atoms with Gasteiger partial charge in [0.25, 0.3) is 0 Å². The first-order chi connectivity index (χ1) is 10.1. The van der Waals surface area contributed by atoms with Crippen molar-refractivity contribution in [1.29, 1.82) is 0 Å². The van der Waals surface area contributed by atoms with Crippen molar-refractivity contribution in [1.82, 2.24) is 9.78 Å². The molecular weight excluding hydrogens is 268 g/mol. The summed E-state index contributed by atoms with van der Waals surface area (Å²) in [5, 5.41) is 15.0. The number of carbonyl (C=O) groups is 1. The molecule has 0 amide bonds. The summed E-state index contributed by atoms with van der Waals surface area (Å²) in [6, 6.07) is 13.4. The third kappa shape index (κ3) is 2.18. The lowest BCUT2D eigenvalue weighted by molar-refractivity contribution is 0.0686. The Morgan fingerprint density at radius 2 is 1.86 bits per heavy atom. The molecule has 3 rings (SSSR count). The van der Waals surface area contributed by atoms with Gasteiger partial charge in [0.15, 0.2) is 0 Å². The second kappa shape index (κ2) is 4.86. The van der Waals surface area contributed by atoms with Gasteiger partial charge in [-0.1, -0.05) is 36.4 Å². The topological polar surface area (TPSA) is 72.2 Å². The normalized spacial score (nSPS) is 10.7. The van der Waals surface area contributed by atoms with Crippen LogP contribution in [-0.2, 0) is 0 Å². The van der Waals surface area contributed by atoms with E-state index in [9.17, 15) is 9.59 Å². The van der Waals surface area contributed by atoms with E-state index in [-0.39, 0.29) is 0 Å². The van der Waals surface area contributed by atoms with Crippen molar-refractivity contribution in [3.63, 3.8) is 0 Å². The van der Waals surface area contributed by atoms with E-state index in [2.05, 4.69) is 5.10 Å². The predicted octanol–water partition coefficient (Wildman–Crippen LogP) is 2.39. The molecule has 5 heteroatoms. The van der Waals surface area contributed by atoms with Crippen molar-refractivity contribution in [3.8, 4) is 5.69 Å². The number of hydrogen-bond donors (Lipinski definition) is 1. The Morgan fingerprint density at radius 3 is 2.62 bits per heavy atom. The summed E-state index contributed by atoms with van der Waals surface area (Å²) in [5.74, 6) is -1.32. The van der Waals surface area contributed by atoms with Gasteiger partial charge in [-0.15, -0.1) is 0 Å². The molecule has 5 nitrogen and oxygen atoms in total. The maximum absolute atomic E-state index is 11.8. The van der Waals surface area contributed by atoms with E-state index in [0.717, 1.165) is 16.5 Å². The Balaban J connectivity index is 2.34. The van der Waals surface area contributed by atoms with Gasteiger partial charge in [0.2, 0.25) is 11.1 Å². The zero-order valence-corrected chi connectivity index (χ0v) is 11.3. The second-order valence-corrected chi connectivity index (χ2v) is 4.74. The zero-order valence-electron chi connectivity index (χ0n) is 11.3. The third-order valence-electron chi connectivity index (χ3n) is 3.31. The van der Waals surface area contributed by atoms with Gasteiger partial charge >= 0.3 is 5.97 Å². The number of fused-ring (bicyclic) bond motifs is 1. The molecule has 0 saturated heterocycles. The monoisotopic (exact) mass is 280 g/mol. The fraction of sp³-hybridized carbons (Fsp3) is 0.0625. The lowest BCUT2D eigenvalue weighted by Crippen LogP contribution is -2.23. The minimum Gasteiger partial charge on any atom is -0.476 e. The van der Waals surface area contributed by atoms with Crippen LogP contribution in [0.2, 0.25) is 0 Å². The highest BCUT2D eigenvalue weighted by molar-refractivity contribution is 5.90. The molecule has 2 aromatic carbocycles. The van der Waals surface area contributed by atoms with E-state index in [1.54, 1.807) is 13.1 Å². The van der Waals surface area contributed by atoms with Crippen LogP contribution >= 0.6 is 0 Å². The number of nitrogens with zero attached hydrogens (tertiary/aromatic N) is 2. The molecule has 1 N–H and O–H groups in total. The van der Waals surface area contributed by atoms with Crippen LogP contribution in [0.1, 0.15) is 16.1 Å². The lowest BCUT2D eigenvalue weighted by atomic mass is 10.1. The Morgan fingerprint density at radius 1 is 1.14 bits per heavy atom. The highest BCUT2D eigenvalue weighted by Gasteiger charge is 2.15. The highest BCUT2D eigenvalue weighted by Crippen LogP contribution is 2.21. The molecule has 0 spiro atoms. The van der Waals surface area contributed by atoms with Crippen molar-refractivity contribution in [2.75, 3.05) is 0 Å². The van der Waals surface area contributed by atoms with E-state index in [1.807, 2.05) is 42.5 Å². The van der Waals surface area contributed by atoms with Crippen LogP contribution in [-0.4, -0.2) is 20.9 Å². The molecule has 0 unspecified atom stereocenters. The maximum Gasteiger partial charge on any atom is 0.360 e. The Labute approximate surface area is 120 Å². The smallest absolute Gasteiger partial charge is 0.360 e. The van der Waals surface area contributed by atoms with Crippen LogP contribution in [0.25, 0.3) is 16.5 Å². The molecule has 1 aromatic heterocycles. The number of carboxylic acid groups (broad SMARTS) is 1. The molecule has 0 radical (unpaired) electrons. The minimum absolute atomic E-state index is 0.343. The average Bonchev–Trinajstić information content (AvgIpc) is 2.49. The lowest BCUT2D eigenvalue weighted by Gasteiger charge is -2.10. The van der Waals surface area contributed by atoms with Crippen LogP contribution in [0, 0.1) is 6.92 Å². The maximum atomic E-state index is 11.8. The van der Waals surface area contributed by atoms with Gasteiger partial charge in [0.1, 0.15) is 0 Å². The number of carboxylic acids is 1. The largest absolute Gasteiger partial charge is 0.476 e. The van der Waals surface area contributed by atoms with E-state index >= 15 is 0 Å². The van der Waals surface area contributed by atoms with Crippen LogP contribution < -0.4 is 5.43 Å². The molecule has 3 aromatic rings. The first-order valence-electron chi connectivity index (χ1n) is 6.40. The molecule has 0 saturated carbocycles. The van der Waals surface area contributed by atoms with Gasteiger partial charge in [0, 0.05) is 17.1 Å². The molecule has 0 aliphatic rings. The molecule has 0 fully saturated rings. The highest BCUT2D eigenvalue weighted by atomic mass is 16.4. The number of aromatic carboxylic acids is 1. The zero-order chi connectivity index (χ0) is 15.0. The molecular formula is C16H12N2O3. The summed E-state index contributed by atoms with van der Waals surface area (Å²) in [6.07, 6.45) is 1.55. The fourth-order valence-corrected chi connectivity index (χ4v) is 2.28. The Kier molecular flexibility index (Phi) is 3.02. The van der Waals surface area contributed by atoms with E-state index in [4.69, 9.17) is 5.11 Å². The van der Waals surface area contributed by atoms with Gasteiger partial charge in [-0.3, -0.25) is 4.79 Å². The Bertz CT molecular complexity index is 908. The van der Waals surface area contributed by atoms with Crippen molar-refractivity contribution in [3.05, 3.63) is 70.1 Å². The van der Waals surface area contributed by atoms with Gasteiger partial charge in [0.05, 0.1) is 5.69 Å². The quantitative estimate of drug-likeness (QED) is 0.782. The van der Waals surface area contributed by atoms with Gasteiger partial charge in [-0.05, 0) is 18.4 Å². The first kappa shape index (κ1) is 13.1. The summed E-state index contributed by atoms with van der Waals surface area (Å²) < 4.78 is 1.45. The number of aromatic nitrogens is 2. The van der Waals surface area contributed by atoms with E-state index in [0.29, 0.717) is 5.56 Å². The molecule has 21 heavy (non-hydrogen) atoms. The summed E-state index contributed by atoms with van der Waals surface area (Å²) in [4.78, 5) is 22.9. The second-order valence-electron chi connectivity index (χ2n) is 4.74. The Hall–Kier alpha value is -2.95. The van der Waals surface area contributed by atoms with Gasteiger partial charge < -0.3 is 5.11 Å². The number of rotatable bonds is 2. The minimum atomic E-state index is -1.32. The van der Waals surface area contributed by atoms with E-state index < -0.39 is 17.1 Å². The average molecular weight is 280 g/mol. The SMILES string of the molecule is Cc1cn(-c2cccc3ccccc23)nc(C(=O)O)c1=O. The summed E-state index contributed by atoms with van der Waals surface area (Å²) in [7, 11) is 0. The number of aryl methyl sites for hydroxylation is 1. The van der Waals surface area contributed by atoms with Gasteiger partial charge in [-0.25, -0.2) is 9.48 Å². The number of benzene rings is 2. The van der Waals surface area contributed by atoms with Crippen LogP contribution in [0.5, 0.6) is 0 Å². The first-order valence-corrected chi connectivity index (χ1v) is 6.40. The summed E-state index contributed by atoms with van der Waals surface area (Å²) >= 11 is 0. The summed E-state index contributed by atoms with van der Waals surface area (Å²) in [6.45, 7) is 1.58. The molecule has 0 aliphatic heterocycles. The van der Waals surface area contributed by atoms with Crippen LogP contribution in [0.15, 0.2) is 53.5 Å². The molecule has 0 aliphatic carbocycles. The van der Waals surface area contributed by atoms with Gasteiger partial charge in [-0.2, -0.15) is 5.10 Å². The van der Waals surface area contributed by atoms with Crippen LogP contribution in [0.3, 0.4) is 0 Å². The van der Waals surface area contributed by atoms with Crippen LogP contribution in [0.4, 0.5) is 0 Å². The molecule has 104 valence electrons. The standard InChI is InChI=1S/C16H12N2O3/c1-10-9-18(17-14(15(10)19)16(20)21)13-8-4-6-11-5-2-3-7-12(11)13/h2-9H,1H3,(H,20,21). The van der Waals surface area contributed by atoms with Crippen molar-refractivity contribution in [2.24, 2.45) is 0 Å². The summed E-state index contributed by atoms with van der Waals surface area (Å²) in [5.41, 5.74) is 0.0518. The van der Waals surface area contributed by atoms with Crippen molar-refractivity contribution in [2.45, 2.75) is 6.92 Å². The van der Waals surface area contributed by atoms with Crippen molar-refractivity contribution >= 4 is 16.7 Å². The fourth-order valence-electron chi connectivity index (χ4n) is 2.28. The number of hydrogen-bond acceptors (Lipinski definition) is 3. The molecule has 1 heterocycles. The van der Waals surface area contributed by atoms with E-state index in [1.165, 1.54) is 4.68 Å². The third-order valence-corrected chi connectivity index (χ3v) is 3.31. The molecule has 0 atom stereocenters. The molecule has 0 bridgehead atoms. The van der Waals surface area contributed by atoms with Crippen molar-refractivity contribution < 1.29 is 9.90 Å². The predicted molar refractivity (Wildman–Crippen MR) is 79.0 cm³/mol.